The molecule has 1 aromatic heterocycles. The number of ether oxygens (including phenoxy) is 1. The van der Waals surface area contributed by atoms with Gasteiger partial charge in [0, 0.05) is 38.7 Å². The highest BCUT2D eigenvalue weighted by molar-refractivity contribution is 5.80. The topological polar surface area (TPSA) is 108 Å². The number of H-pyrrole nitrogens is 1. The van der Waals surface area contributed by atoms with E-state index in [2.05, 4.69) is 37.6 Å². The quantitative estimate of drug-likeness (QED) is 0.472. The van der Waals surface area contributed by atoms with Gasteiger partial charge in [0.05, 0.1) is 7.11 Å². The number of aliphatic imine (C=N–C) groups is 1. The largest absolute Gasteiger partial charge is 0.497 e. The predicted molar refractivity (Wildman–Crippen MR) is 116 cm³/mol. The van der Waals surface area contributed by atoms with Crippen molar-refractivity contribution in [1.29, 1.82) is 0 Å². The van der Waals surface area contributed by atoms with Crippen LogP contribution in [0.1, 0.15) is 32.0 Å². The summed E-state index contributed by atoms with van der Waals surface area (Å²) in [6.07, 6.45) is 2.58. The van der Waals surface area contributed by atoms with E-state index in [1.807, 2.05) is 24.3 Å². The van der Waals surface area contributed by atoms with E-state index in [4.69, 9.17) is 9.73 Å². The lowest BCUT2D eigenvalue weighted by Crippen LogP contribution is -2.46. The monoisotopic (exact) mass is 413 g/mol. The van der Waals surface area contributed by atoms with Crippen molar-refractivity contribution in [2.45, 2.75) is 32.7 Å². The molecule has 1 fully saturated rings. The molecule has 162 valence electrons. The van der Waals surface area contributed by atoms with Crippen molar-refractivity contribution >= 4 is 11.9 Å². The molecule has 9 nitrogen and oxygen atoms in total. The van der Waals surface area contributed by atoms with Crippen LogP contribution in [0.4, 0.5) is 0 Å². The van der Waals surface area contributed by atoms with Crippen molar-refractivity contribution in [2.75, 3.05) is 33.8 Å². The van der Waals surface area contributed by atoms with Gasteiger partial charge in [0.15, 0.2) is 11.8 Å². The van der Waals surface area contributed by atoms with Crippen LogP contribution in [-0.2, 0) is 11.3 Å². The minimum Gasteiger partial charge on any atom is -0.497 e. The molecule has 1 saturated heterocycles. The van der Waals surface area contributed by atoms with Crippen molar-refractivity contribution in [3.05, 3.63) is 30.1 Å². The summed E-state index contributed by atoms with van der Waals surface area (Å²) >= 11 is 0. The summed E-state index contributed by atoms with van der Waals surface area (Å²) in [5, 5.41) is 13.4. The summed E-state index contributed by atoms with van der Waals surface area (Å²) in [6.45, 7) is 5.06. The van der Waals surface area contributed by atoms with Gasteiger partial charge >= 0.3 is 0 Å². The van der Waals surface area contributed by atoms with Crippen molar-refractivity contribution in [1.82, 2.24) is 30.7 Å². The van der Waals surface area contributed by atoms with E-state index in [9.17, 15) is 4.79 Å². The molecular weight excluding hydrogens is 382 g/mol. The molecule has 3 rings (SSSR count). The first-order valence-electron chi connectivity index (χ1n) is 10.4. The van der Waals surface area contributed by atoms with Crippen LogP contribution in [-0.4, -0.2) is 65.7 Å². The Morgan fingerprint density at radius 3 is 2.67 bits per heavy atom. The van der Waals surface area contributed by atoms with Crippen LogP contribution in [0.2, 0.25) is 0 Å². The Hall–Kier alpha value is -3.10. The molecule has 9 heteroatoms. The maximum Gasteiger partial charge on any atom is 0.220 e. The molecule has 0 aliphatic carbocycles. The number of guanidine groups is 1. The first kappa shape index (κ1) is 21.6. The van der Waals surface area contributed by atoms with Gasteiger partial charge in [-0.2, -0.15) is 5.10 Å². The van der Waals surface area contributed by atoms with Gasteiger partial charge in [0.2, 0.25) is 5.91 Å². The fraction of sp³-hybridized carbons (Fsp3) is 0.524. The fourth-order valence-corrected chi connectivity index (χ4v) is 3.52. The number of nitrogens with zero attached hydrogens (tertiary/aromatic N) is 4. The normalized spacial score (nSPS) is 15.2. The van der Waals surface area contributed by atoms with E-state index >= 15 is 0 Å². The second kappa shape index (κ2) is 10.6. The van der Waals surface area contributed by atoms with Crippen molar-refractivity contribution in [2.24, 2.45) is 10.9 Å². The van der Waals surface area contributed by atoms with Gasteiger partial charge in [-0.15, -0.1) is 0 Å². The molecule has 3 N–H and O–H groups in total. The van der Waals surface area contributed by atoms with E-state index < -0.39 is 0 Å². The van der Waals surface area contributed by atoms with E-state index in [-0.39, 0.29) is 5.91 Å². The Balaban J connectivity index is 1.60. The smallest absolute Gasteiger partial charge is 0.220 e. The first-order valence-corrected chi connectivity index (χ1v) is 10.4. The zero-order valence-corrected chi connectivity index (χ0v) is 17.9. The van der Waals surface area contributed by atoms with Crippen molar-refractivity contribution in [3.63, 3.8) is 0 Å². The van der Waals surface area contributed by atoms with Crippen LogP contribution in [0.3, 0.4) is 0 Å². The number of carbonyl (C=O) groups excluding carboxylic acids is 1. The maximum absolute atomic E-state index is 11.6. The lowest BCUT2D eigenvalue weighted by molar-refractivity contribution is -0.121. The molecule has 30 heavy (non-hydrogen) atoms. The third kappa shape index (κ3) is 5.71. The van der Waals surface area contributed by atoms with Crippen LogP contribution in [0.5, 0.6) is 5.75 Å². The zero-order valence-electron chi connectivity index (χ0n) is 17.9. The number of hydrogen-bond acceptors (Lipinski definition) is 5. The molecule has 2 aromatic rings. The average Bonchev–Trinajstić information content (AvgIpc) is 3.26. The molecule has 0 atom stereocenters. The highest BCUT2D eigenvalue weighted by atomic mass is 16.5. The Morgan fingerprint density at radius 1 is 1.30 bits per heavy atom. The molecule has 0 saturated carbocycles. The average molecular weight is 414 g/mol. The van der Waals surface area contributed by atoms with Crippen LogP contribution < -0.4 is 15.4 Å². The molecule has 0 bridgehead atoms. The number of aromatic nitrogens is 3. The molecule has 0 unspecified atom stereocenters. The standard InChI is InChI=1S/C21H31N7O2/c1-4-23-21(28-11-9-15(10-12-28)13-19(29)22-2)24-14-18-25-20(27-26-18)16-5-7-17(30-3)8-6-16/h5-8,15H,4,9-14H2,1-3H3,(H,22,29)(H,23,24)(H,25,26,27). The molecule has 1 aliphatic heterocycles. The second-order valence-electron chi connectivity index (χ2n) is 7.31. The summed E-state index contributed by atoms with van der Waals surface area (Å²) in [5.74, 6) is 3.58. The Morgan fingerprint density at radius 2 is 2.03 bits per heavy atom. The Bertz CT molecular complexity index is 839. The number of aromatic amines is 1. The van der Waals surface area contributed by atoms with Gasteiger partial charge in [-0.1, -0.05) is 0 Å². The van der Waals surface area contributed by atoms with Crippen LogP contribution in [0.25, 0.3) is 11.4 Å². The lowest BCUT2D eigenvalue weighted by atomic mass is 9.93. The minimum atomic E-state index is 0.118. The third-order valence-corrected chi connectivity index (χ3v) is 5.26. The first-order chi connectivity index (χ1) is 14.6. The second-order valence-corrected chi connectivity index (χ2v) is 7.31. The number of nitrogens with one attached hydrogen (secondary N) is 3. The number of methoxy groups -OCH3 is 1. The molecule has 2 heterocycles. The molecule has 0 radical (unpaired) electrons. The van der Waals surface area contributed by atoms with Crippen LogP contribution >= 0.6 is 0 Å². The van der Waals surface area contributed by atoms with Gasteiger partial charge < -0.3 is 20.3 Å². The SMILES string of the molecule is CCNC(=NCc1nc(-c2ccc(OC)cc2)n[nH]1)N1CCC(CC(=O)NC)CC1. The Kier molecular flexibility index (Phi) is 7.64. The number of likely N-dealkylation sites (tertiary alicyclic amines) is 1. The maximum atomic E-state index is 11.6. The summed E-state index contributed by atoms with van der Waals surface area (Å²) < 4.78 is 5.19. The number of piperidine rings is 1. The summed E-state index contributed by atoms with van der Waals surface area (Å²) in [5.41, 5.74) is 0.923. The van der Waals surface area contributed by atoms with E-state index in [1.54, 1.807) is 14.2 Å². The summed E-state index contributed by atoms with van der Waals surface area (Å²) in [6, 6.07) is 7.64. The van der Waals surface area contributed by atoms with Gasteiger partial charge in [-0.05, 0) is 49.9 Å². The van der Waals surface area contributed by atoms with Gasteiger partial charge in [-0.3, -0.25) is 9.89 Å². The lowest BCUT2D eigenvalue weighted by Gasteiger charge is -2.34. The number of hydrogen-bond donors (Lipinski definition) is 3. The fourth-order valence-electron chi connectivity index (χ4n) is 3.52. The Labute approximate surface area is 177 Å². The van der Waals surface area contributed by atoms with Crippen LogP contribution in [0.15, 0.2) is 29.3 Å². The molecule has 0 spiro atoms. The van der Waals surface area contributed by atoms with Crippen molar-refractivity contribution < 1.29 is 9.53 Å². The van der Waals surface area contributed by atoms with Crippen molar-refractivity contribution in [3.8, 4) is 17.1 Å². The summed E-state index contributed by atoms with van der Waals surface area (Å²) in [7, 11) is 3.33. The van der Waals surface area contributed by atoms with Gasteiger partial charge in [0.25, 0.3) is 0 Å². The predicted octanol–water partition coefficient (Wildman–Crippen LogP) is 1.79. The highest BCUT2D eigenvalue weighted by Gasteiger charge is 2.23. The highest BCUT2D eigenvalue weighted by Crippen LogP contribution is 2.21. The molecule has 1 aromatic carbocycles. The van der Waals surface area contributed by atoms with E-state index in [0.29, 0.717) is 30.5 Å². The molecule has 1 aliphatic rings. The van der Waals surface area contributed by atoms with Gasteiger partial charge in [0.1, 0.15) is 18.1 Å². The molecule has 1 amide bonds. The minimum absolute atomic E-state index is 0.118. The zero-order chi connectivity index (χ0) is 21.3. The number of benzene rings is 1. The van der Waals surface area contributed by atoms with Gasteiger partial charge in [-0.25, -0.2) is 9.98 Å². The molecular formula is C21H31N7O2. The van der Waals surface area contributed by atoms with E-state index in [1.165, 1.54) is 0 Å². The number of carbonyl (C=O) groups is 1. The number of amides is 1. The summed E-state index contributed by atoms with van der Waals surface area (Å²) in [4.78, 5) is 23.2. The van der Waals surface area contributed by atoms with E-state index in [0.717, 1.165) is 49.7 Å². The number of rotatable bonds is 7. The van der Waals surface area contributed by atoms with Crippen LogP contribution in [0, 0.1) is 5.92 Å². The third-order valence-electron chi connectivity index (χ3n) is 5.26.